The predicted molar refractivity (Wildman–Crippen MR) is 69.0 cm³/mol. The van der Waals surface area contributed by atoms with E-state index in [-0.39, 0.29) is 5.82 Å². The molecule has 0 saturated carbocycles. The molecule has 0 aliphatic carbocycles. The van der Waals surface area contributed by atoms with Gasteiger partial charge >= 0.3 is 0 Å². The molecule has 1 aromatic rings. The number of rotatable bonds is 7. The van der Waals surface area contributed by atoms with Crippen molar-refractivity contribution >= 4 is 17.4 Å². The maximum absolute atomic E-state index is 13.7. The van der Waals surface area contributed by atoms with Crippen molar-refractivity contribution in [3.05, 3.63) is 17.8 Å². The molecule has 0 spiro atoms. The van der Waals surface area contributed by atoms with Gasteiger partial charge < -0.3 is 5.32 Å². The second kappa shape index (κ2) is 7.43. The van der Waals surface area contributed by atoms with Crippen molar-refractivity contribution in [2.75, 3.05) is 17.7 Å². The van der Waals surface area contributed by atoms with Crippen molar-refractivity contribution in [1.82, 2.24) is 9.97 Å². The maximum Gasteiger partial charge on any atom is 0.186 e. The molecule has 1 N–H and O–H groups in total. The van der Waals surface area contributed by atoms with E-state index in [9.17, 15) is 4.39 Å². The molecule has 1 rings (SSSR count). The zero-order chi connectivity index (χ0) is 12.7. The molecular formula is C12H19ClFN3. The summed E-state index contributed by atoms with van der Waals surface area (Å²) in [6, 6.07) is 0. The van der Waals surface area contributed by atoms with E-state index in [1.807, 2.05) is 6.92 Å². The Morgan fingerprint density at radius 3 is 2.88 bits per heavy atom. The van der Waals surface area contributed by atoms with Crippen molar-refractivity contribution in [2.24, 2.45) is 5.92 Å². The van der Waals surface area contributed by atoms with E-state index in [1.165, 1.54) is 6.33 Å². The average Bonchev–Trinajstić information content (AvgIpc) is 2.36. The Hall–Kier alpha value is -0.900. The summed E-state index contributed by atoms with van der Waals surface area (Å²) in [4.78, 5) is 7.78. The first-order valence-corrected chi connectivity index (χ1v) is 6.51. The summed E-state index contributed by atoms with van der Waals surface area (Å²) < 4.78 is 13.7. The third-order valence-electron chi connectivity index (χ3n) is 2.63. The maximum atomic E-state index is 13.7. The van der Waals surface area contributed by atoms with Crippen LogP contribution in [-0.4, -0.2) is 22.4 Å². The molecule has 1 aromatic heterocycles. The van der Waals surface area contributed by atoms with Crippen LogP contribution in [0.4, 0.5) is 10.2 Å². The lowest BCUT2D eigenvalue weighted by molar-refractivity contribution is 0.567. The fourth-order valence-corrected chi connectivity index (χ4v) is 1.66. The number of nitrogens with one attached hydrogen (secondary N) is 1. The molecule has 1 unspecified atom stereocenters. The Bertz CT molecular complexity index is 347. The van der Waals surface area contributed by atoms with Crippen LogP contribution in [0.15, 0.2) is 6.33 Å². The van der Waals surface area contributed by atoms with E-state index < -0.39 is 0 Å². The molecule has 5 heteroatoms. The van der Waals surface area contributed by atoms with Crippen LogP contribution >= 0.6 is 11.6 Å². The smallest absolute Gasteiger partial charge is 0.186 e. The molecule has 0 fully saturated rings. The van der Waals surface area contributed by atoms with Crippen LogP contribution in [0.25, 0.3) is 0 Å². The van der Waals surface area contributed by atoms with E-state index in [1.54, 1.807) is 0 Å². The van der Waals surface area contributed by atoms with Gasteiger partial charge in [0.2, 0.25) is 0 Å². The van der Waals surface area contributed by atoms with Crippen LogP contribution in [0.2, 0.25) is 0 Å². The van der Waals surface area contributed by atoms with Gasteiger partial charge in [-0.3, -0.25) is 0 Å². The van der Waals surface area contributed by atoms with Gasteiger partial charge in [-0.2, -0.15) is 0 Å². The van der Waals surface area contributed by atoms with Gasteiger partial charge in [-0.15, -0.1) is 11.6 Å². The molecule has 0 amide bonds. The molecular weight excluding hydrogens is 241 g/mol. The molecule has 0 aliphatic heterocycles. The summed E-state index contributed by atoms with van der Waals surface area (Å²) in [7, 11) is 0. The summed E-state index contributed by atoms with van der Waals surface area (Å²) in [5.41, 5.74) is 0.455. The van der Waals surface area contributed by atoms with Crippen molar-refractivity contribution < 1.29 is 4.39 Å². The molecule has 0 saturated heterocycles. The molecule has 17 heavy (non-hydrogen) atoms. The van der Waals surface area contributed by atoms with E-state index in [0.717, 1.165) is 12.8 Å². The SMILES string of the molecule is CCc1ncnc(NCCCC(C)CCl)c1F. The Kier molecular flexibility index (Phi) is 6.19. The first-order chi connectivity index (χ1) is 8.19. The highest BCUT2D eigenvalue weighted by Gasteiger charge is 2.08. The van der Waals surface area contributed by atoms with Crippen molar-refractivity contribution in [3.8, 4) is 0 Å². The van der Waals surface area contributed by atoms with Gasteiger partial charge in [-0.25, -0.2) is 14.4 Å². The molecule has 3 nitrogen and oxygen atoms in total. The van der Waals surface area contributed by atoms with Gasteiger partial charge in [0.25, 0.3) is 0 Å². The second-order valence-electron chi connectivity index (χ2n) is 4.16. The van der Waals surface area contributed by atoms with Crippen LogP contribution in [0.3, 0.4) is 0 Å². The molecule has 1 atom stereocenters. The third kappa shape index (κ3) is 4.46. The molecule has 0 radical (unpaired) electrons. The number of halogens is 2. The van der Waals surface area contributed by atoms with Crippen molar-refractivity contribution in [1.29, 1.82) is 0 Å². The number of nitrogens with zero attached hydrogens (tertiary/aromatic N) is 2. The normalized spacial score (nSPS) is 12.5. The largest absolute Gasteiger partial charge is 0.368 e. The number of aromatic nitrogens is 2. The first-order valence-electron chi connectivity index (χ1n) is 5.98. The van der Waals surface area contributed by atoms with Crippen molar-refractivity contribution in [2.45, 2.75) is 33.1 Å². The molecule has 0 aromatic carbocycles. The number of hydrogen-bond donors (Lipinski definition) is 1. The average molecular weight is 260 g/mol. The summed E-state index contributed by atoms with van der Waals surface area (Å²) in [5.74, 6) is 1.14. The minimum absolute atomic E-state index is 0.301. The van der Waals surface area contributed by atoms with E-state index >= 15 is 0 Å². The summed E-state index contributed by atoms with van der Waals surface area (Å²) >= 11 is 5.71. The Morgan fingerprint density at radius 2 is 2.24 bits per heavy atom. The molecule has 96 valence electrons. The monoisotopic (exact) mass is 259 g/mol. The van der Waals surface area contributed by atoms with Gasteiger partial charge in [0.05, 0.1) is 5.69 Å². The number of hydrogen-bond acceptors (Lipinski definition) is 3. The second-order valence-corrected chi connectivity index (χ2v) is 4.47. The lowest BCUT2D eigenvalue weighted by Crippen LogP contribution is -2.09. The Morgan fingerprint density at radius 1 is 1.47 bits per heavy atom. The van der Waals surface area contributed by atoms with Gasteiger partial charge in [-0.1, -0.05) is 13.8 Å². The van der Waals surface area contributed by atoms with Gasteiger partial charge in [0, 0.05) is 12.4 Å². The van der Waals surface area contributed by atoms with Crippen LogP contribution in [0, 0.1) is 11.7 Å². The quantitative estimate of drug-likeness (QED) is 0.603. The fourth-order valence-electron chi connectivity index (χ4n) is 1.51. The topological polar surface area (TPSA) is 37.8 Å². The zero-order valence-corrected chi connectivity index (χ0v) is 11.1. The van der Waals surface area contributed by atoms with Gasteiger partial charge in [0.1, 0.15) is 6.33 Å². The minimum atomic E-state index is -0.333. The first kappa shape index (κ1) is 14.2. The van der Waals surface area contributed by atoms with Crippen LogP contribution in [0.5, 0.6) is 0 Å². The molecule has 0 bridgehead atoms. The van der Waals surface area contributed by atoms with E-state index in [4.69, 9.17) is 11.6 Å². The Labute approximate surface area is 107 Å². The zero-order valence-electron chi connectivity index (χ0n) is 10.3. The number of anilines is 1. The highest BCUT2D eigenvalue weighted by molar-refractivity contribution is 6.18. The van der Waals surface area contributed by atoms with E-state index in [0.29, 0.717) is 36.3 Å². The molecule has 0 aliphatic rings. The standard InChI is InChI=1S/C12H19ClFN3/c1-3-10-11(14)12(17-8-16-10)15-6-4-5-9(2)7-13/h8-9H,3-7H2,1-2H3,(H,15,16,17). The molecule has 1 heterocycles. The van der Waals surface area contributed by atoms with Crippen LogP contribution < -0.4 is 5.32 Å². The summed E-state index contributed by atoms with van der Waals surface area (Å²) in [5, 5.41) is 3.00. The minimum Gasteiger partial charge on any atom is -0.368 e. The Balaban J connectivity index is 2.41. The van der Waals surface area contributed by atoms with E-state index in [2.05, 4.69) is 22.2 Å². The van der Waals surface area contributed by atoms with Gasteiger partial charge in [-0.05, 0) is 25.2 Å². The fraction of sp³-hybridized carbons (Fsp3) is 0.667. The lowest BCUT2D eigenvalue weighted by atomic mass is 10.1. The summed E-state index contributed by atoms with van der Waals surface area (Å²) in [6.45, 7) is 4.68. The highest BCUT2D eigenvalue weighted by atomic mass is 35.5. The number of alkyl halides is 1. The van der Waals surface area contributed by atoms with Crippen LogP contribution in [-0.2, 0) is 6.42 Å². The van der Waals surface area contributed by atoms with Gasteiger partial charge in [0.15, 0.2) is 11.6 Å². The predicted octanol–water partition coefficient (Wildman–Crippen LogP) is 3.25. The number of aryl methyl sites for hydroxylation is 1. The highest BCUT2D eigenvalue weighted by Crippen LogP contribution is 2.14. The third-order valence-corrected chi connectivity index (χ3v) is 3.15. The summed E-state index contributed by atoms with van der Waals surface area (Å²) in [6.07, 6.45) is 3.96. The van der Waals surface area contributed by atoms with Crippen molar-refractivity contribution in [3.63, 3.8) is 0 Å². The lowest BCUT2D eigenvalue weighted by Gasteiger charge is -2.09. The van der Waals surface area contributed by atoms with Crippen LogP contribution in [0.1, 0.15) is 32.4 Å².